The van der Waals surface area contributed by atoms with E-state index in [1.807, 2.05) is 6.20 Å². The summed E-state index contributed by atoms with van der Waals surface area (Å²) in [6.07, 6.45) is 5.72. The van der Waals surface area contributed by atoms with Crippen LogP contribution in [0, 0.1) is 0 Å². The third-order valence-corrected chi connectivity index (χ3v) is 3.14. The number of rotatable bonds is 4. The van der Waals surface area contributed by atoms with Crippen LogP contribution >= 0.6 is 0 Å². The van der Waals surface area contributed by atoms with Gasteiger partial charge in [0, 0.05) is 13.0 Å². The summed E-state index contributed by atoms with van der Waals surface area (Å²) in [6, 6.07) is 0. The summed E-state index contributed by atoms with van der Waals surface area (Å²) in [4.78, 5) is 19.8. The number of likely N-dealkylation sites (N-methyl/N-ethyl adjacent to an activating group) is 1. The monoisotopic (exact) mass is 249 g/mol. The molecular formula is C12H19N5O. The first-order valence-corrected chi connectivity index (χ1v) is 6.26. The minimum atomic E-state index is -0.0702. The Labute approximate surface area is 107 Å². The highest BCUT2D eigenvalue weighted by Gasteiger charge is 2.16. The number of aromatic nitrogens is 2. The molecule has 0 saturated carbocycles. The summed E-state index contributed by atoms with van der Waals surface area (Å²) in [5.41, 5.74) is 1.04. The van der Waals surface area contributed by atoms with Crippen molar-refractivity contribution in [2.24, 2.45) is 0 Å². The Hall–Kier alpha value is -1.69. The van der Waals surface area contributed by atoms with E-state index in [1.54, 1.807) is 13.2 Å². The van der Waals surface area contributed by atoms with Crippen LogP contribution in [0.4, 0.5) is 5.82 Å². The van der Waals surface area contributed by atoms with Crippen molar-refractivity contribution in [3.8, 4) is 0 Å². The predicted octanol–water partition coefficient (Wildman–Crippen LogP) is 0.101. The predicted molar refractivity (Wildman–Crippen MR) is 69.4 cm³/mol. The molecule has 0 aromatic carbocycles. The molecule has 1 aliphatic heterocycles. The van der Waals surface area contributed by atoms with E-state index in [4.69, 9.17) is 0 Å². The standard InChI is InChI=1S/C12H19N5O/c1-13-12(18)8-17-11-7-15-10(6-16-11)9-2-4-14-5-3-9/h6-7,9,14H,2-5,8H2,1H3,(H,13,18)(H,16,17). The third kappa shape index (κ3) is 3.40. The molecular weight excluding hydrogens is 230 g/mol. The number of piperidine rings is 1. The molecule has 1 aliphatic rings. The summed E-state index contributed by atoms with van der Waals surface area (Å²) in [5, 5.41) is 8.80. The second kappa shape index (κ2) is 6.30. The van der Waals surface area contributed by atoms with Crippen molar-refractivity contribution < 1.29 is 4.79 Å². The Morgan fingerprint density at radius 2 is 2.17 bits per heavy atom. The molecule has 1 amide bonds. The van der Waals surface area contributed by atoms with E-state index in [2.05, 4.69) is 25.9 Å². The summed E-state index contributed by atoms with van der Waals surface area (Å²) in [7, 11) is 1.61. The van der Waals surface area contributed by atoms with Crippen LogP contribution in [-0.2, 0) is 4.79 Å². The fourth-order valence-corrected chi connectivity index (χ4v) is 2.02. The molecule has 0 atom stereocenters. The Kier molecular flexibility index (Phi) is 4.46. The molecule has 0 unspecified atom stereocenters. The number of hydrogen-bond donors (Lipinski definition) is 3. The van der Waals surface area contributed by atoms with Gasteiger partial charge in [-0.25, -0.2) is 4.98 Å². The first kappa shape index (κ1) is 12.8. The molecule has 98 valence electrons. The van der Waals surface area contributed by atoms with Crippen LogP contribution in [0.3, 0.4) is 0 Å². The lowest BCUT2D eigenvalue weighted by Gasteiger charge is -2.21. The highest BCUT2D eigenvalue weighted by atomic mass is 16.1. The highest BCUT2D eigenvalue weighted by Crippen LogP contribution is 2.22. The van der Waals surface area contributed by atoms with Gasteiger partial charge in [0.1, 0.15) is 5.82 Å². The summed E-state index contributed by atoms with van der Waals surface area (Å²) in [6.45, 7) is 2.31. The van der Waals surface area contributed by atoms with Gasteiger partial charge in [-0.3, -0.25) is 9.78 Å². The Morgan fingerprint density at radius 3 is 2.78 bits per heavy atom. The zero-order valence-electron chi connectivity index (χ0n) is 10.6. The van der Waals surface area contributed by atoms with Crippen molar-refractivity contribution in [2.45, 2.75) is 18.8 Å². The fourth-order valence-electron chi connectivity index (χ4n) is 2.02. The van der Waals surface area contributed by atoms with E-state index in [1.165, 1.54) is 0 Å². The molecule has 1 saturated heterocycles. The Morgan fingerprint density at radius 1 is 1.39 bits per heavy atom. The van der Waals surface area contributed by atoms with Gasteiger partial charge in [-0.2, -0.15) is 0 Å². The number of anilines is 1. The maximum absolute atomic E-state index is 11.1. The van der Waals surface area contributed by atoms with Crippen molar-refractivity contribution in [3.63, 3.8) is 0 Å². The van der Waals surface area contributed by atoms with Gasteiger partial charge in [-0.1, -0.05) is 0 Å². The van der Waals surface area contributed by atoms with Gasteiger partial charge in [0.2, 0.25) is 5.91 Å². The molecule has 0 radical (unpaired) electrons. The minimum absolute atomic E-state index is 0.0702. The van der Waals surface area contributed by atoms with Crippen LogP contribution in [0.2, 0.25) is 0 Å². The summed E-state index contributed by atoms with van der Waals surface area (Å²) < 4.78 is 0. The maximum atomic E-state index is 11.1. The molecule has 18 heavy (non-hydrogen) atoms. The van der Waals surface area contributed by atoms with Gasteiger partial charge >= 0.3 is 0 Å². The first-order chi connectivity index (χ1) is 8.79. The smallest absolute Gasteiger partial charge is 0.239 e. The van der Waals surface area contributed by atoms with Gasteiger partial charge in [-0.05, 0) is 25.9 Å². The zero-order valence-corrected chi connectivity index (χ0v) is 10.6. The number of amides is 1. The highest BCUT2D eigenvalue weighted by molar-refractivity contribution is 5.79. The molecule has 2 rings (SSSR count). The number of hydrogen-bond acceptors (Lipinski definition) is 5. The number of carbonyl (C=O) groups excluding carboxylic acids is 1. The Balaban J connectivity index is 1.90. The van der Waals surface area contributed by atoms with E-state index in [0.29, 0.717) is 11.7 Å². The van der Waals surface area contributed by atoms with Crippen molar-refractivity contribution in [1.82, 2.24) is 20.6 Å². The molecule has 6 heteroatoms. The Bertz CT molecular complexity index is 386. The molecule has 1 aromatic rings. The molecule has 0 spiro atoms. The van der Waals surface area contributed by atoms with Gasteiger partial charge in [0.05, 0.1) is 24.6 Å². The van der Waals surface area contributed by atoms with Crippen LogP contribution < -0.4 is 16.0 Å². The number of carbonyl (C=O) groups is 1. The van der Waals surface area contributed by atoms with Crippen LogP contribution in [0.1, 0.15) is 24.5 Å². The first-order valence-electron chi connectivity index (χ1n) is 6.26. The molecule has 6 nitrogen and oxygen atoms in total. The zero-order chi connectivity index (χ0) is 12.8. The number of nitrogens with one attached hydrogen (secondary N) is 3. The summed E-state index contributed by atoms with van der Waals surface area (Å²) in [5.74, 6) is 1.07. The maximum Gasteiger partial charge on any atom is 0.239 e. The normalized spacial score (nSPS) is 16.3. The van der Waals surface area contributed by atoms with Gasteiger partial charge < -0.3 is 16.0 Å². The third-order valence-electron chi connectivity index (χ3n) is 3.14. The SMILES string of the molecule is CNC(=O)CNc1cnc(C2CCNCC2)cn1. The summed E-state index contributed by atoms with van der Waals surface area (Å²) >= 11 is 0. The van der Waals surface area contributed by atoms with Crippen molar-refractivity contribution in [3.05, 3.63) is 18.1 Å². The van der Waals surface area contributed by atoms with E-state index in [0.717, 1.165) is 31.6 Å². The van der Waals surface area contributed by atoms with Crippen molar-refractivity contribution in [1.29, 1.82) is 0 Å². The second-order valence-electron chi connectivity index (χ2n) is 4.38. The topological polar surface area (TPSA) is 78.9 Å². The lowest BCUT2D eigenvalue weighted by Crippen LogP contribution is -2.27. The van der Waals surface area contributed by atoms with Crippen LogP contribution in [0.25, 0.3) is 0 Å². The molecule has 0 bridgehead atoms. The van der Waals surface area contributed by atoms with E-state index < -0.39 is 0 Å². The van der Waals surface area contributed by atoms with Crippen molar-refractivity contribution in [2.75, 3.05) is 32.0 Å². The van der Waals surface area contributed by atoms with Crippen LogP contribution in [0.15, 0.2) is 12.4 Å². The average Bonchev–Trinajstić information content (AvgIpc) is 2.46. The van der Waals surface area contributed by atoms with Gasteiger partial charge in [0.25, 0.3) is 0 Å². The van der Waals surface area contributed by atoms with Crippen LogP contribution in [-0.4, -0.2) is 42.6 Å². The van der Waals surface area contributed by atoms with E-state index in [-0.39, 0.29) is 12.5 Å². The molecule has 2 heterocycles. The molecule has 1 aromatic heterocycles. The second-order valence-corrected chi connectivity index (χ2v) is 4.38. The molecule has 3 N–H and O–H groups in total. The average molecular weight is 249 g/mol. The van der Waals surface area contributed by atoms with Crippen molar-refractivity contribution >= 4 is 11.7 Å². The molecule has 0 aliphatic carbocycles. The lowest BCUT2D eigenvalue weighted by atomic mass is 9.95. The van der Waals surface area contributed by atoms with Crippen LogP contribution in [0.5, 0.6) is 0 Å². The number of nitrogens with zero attached hydrogens (tertiary/aromatic N) is 2. The minimum Gasteiger partial charge on any atom is -0.360 e. The quantitative estimate of drug-likeness (QED) is 0.705. The fraction of sp³-hybridized carbons (Fsp3) is 0.583. The lowest BCUT2D eigenvalue weighted by molar-refractivity contribution is -0.118. The van der Waals surface area contributed by atoms with E-state index in [9.17, 15) is 4.79 Å². The van der Waals surface area contributed by atoms with E-state index >= 15 is 0 Å². The molecule has 1 fully saturated rings. The largest absolute Gasteiger partial charge is 0.360 e. The van der Waals surface area contributed by atoms with Gasteiger partial charge in [-0.15, -0.1) is 0 Å². The van der Waals surface area contributed by atoms with Gasteiger partial charge in [0.15, 0.2) is 0 Å².